The minimum atomic E-state index is -0.319. The van der Waals surface area contributed by atoms with Gasteiger partial charge in [0.15, 0.2) is 23.0 Å². The van der Waals surface area contributed by atoms with Gasteiger partial charge in [0.05, 0.1) is 39.6 Å². The lowest BCUT2D eigenvalue weighted by Gasteiger charge is -2.18. The summed E-state index contributed by atoms with van der Waals surface area (Å²) >= 11 is 0. The second-order valence-corrected chi connectivity index (χ2v) is 9.64. The van der Waals surface area contributed by atoms with E-state index in [0.717, 1.165) is 32.3 Å². The largest absolute Gasteiger partial charge is 0.493 e. The summed E-state index contributed by atoms with van der Waals surface area (Å²) in [5.74, 6) is 1.04. The molecule has 8 heteroatoms. The molecule has 0 bridgehead atoms. The minimum Gasteiger partial charge on any atom is -0.493 e. The molecular formula is C34H28N2O6. The van der Waals surface area contributed by atoms with Crippen LogP contribution in [0.15, 0.2) is 84.9 Å². The van der Waals surface area contributed by atoms with Gasteiger partial charge in [-0.2, -0.15) is 0 Å². The molecule has 0 saturated carbocycles. The van der Waals surface area contributed by atoms with E-state index in [4.69, 9.17) is 18.9 Å². The highest BCUT2D eigenvalue weighted by Crippen LogP contribution is 2.41. The highest BCUT2D eigenvalue weighted by Gasteiger charge is 2.21. The summed E-state index contributed by atoms with van der Waals surface area (Å²) in [5, 5.41) is 11.9. The third-order valence-corrected chi connectivity index (χ3v) is 7.46. The molecule has 6 aromatic rings. The fourth-order valence-electron chi connectivity index (χ4n) is 5.53. The van der Waals surface area contributed by atoms with Crippen molar-refractivity contribution >= 4 is 55.5 Å². The predicted molar refractivity (Wildman–Crippen MR) is 165 cm³/mol. The second kappa shape index (κ2) is 10.8. The Balaban J connectivity index is 1.43. The lowest BCUT2D eigenvalue weighted by Crippen LogP contribution is -2.14. The molecule has 0 atom stereocenters. The molecule has 210 valence electrons. The number of rotatable bonds is 8. The van der Waals surface area contributed by atoms with E-state index >= 15 is 0 Å². The number of amides is 2. The van der Waals surface area contributed by atoms with Crippen LogP contribution in [-0.4, -0.2) is 40.3 Å². The molecule has 0 spiro atoms. The van der Waals surface area contributed by atoms with Gasteiger partial charge < -0.3 is 29.6 Å². The Morgan fingerprint density at radius 3 is 1.29 bits per heavy atom. The van der Waals surface area contributed by atoms with Gasteiger partial charge >= 0.3 is 0 Å². The van der Waals surface area contributed by atoms with E-state index < -0.39 is 0 Å². The number of nitrogens with one attached hydrogen (secondary N) is 2. The van der Waals surface area contributed by atoms with Crippen LogP contribution >= 0.6 is 0 Å². The van der Waals surface area contributed by atoms with Crippen molar-refractivity contribution in [2.75, 3.05) is 39.1 Å². The molecule has 8 nitrogen and oxygen atoms in total. The monoisotopic (exact) mass is 560 g/mol. The number of hydrogen-bond donors (Lipinski definition) is 2. The first-order chi connectivity index (χ1) is 20.5. The molecule has 2 amide bonds. The number of benzene rings is 6. The van der Waals surface area contributed by atoms with Crippen molar-refractivity contribution in [2.45, 2.75) is 0 Å². The fraction of sp³-hybridized carbons (Fsp3) is 0.118. The fourth-order valence-corrected chi connectivity index (χ4v) is 5.53. The first kappa shape index (κ1) is 26.7. The van der Waals surface area contributed by atoms with E-state index in [1.165, 1.54) is 28.4 Å². The number of carbonyl (C=O) groups is 2. The maximum atomic E-state index is 13.4. The summed E-state index contributed by atoms with van der Waals surface area (Å²) < 4.78 is 21.7. The van der Waals surface area contributed by atoms with Crippen LogP contribution in [0.1, 0.15) is 20.7 Å². The number of hydrogen-bond acceptors (Lipinski definition) is 6. The summed E-state index contributed by atoms with van der Waals surface area (Å²) in [4.78, 5) is 26.8. The highest BCUT2D eigenvalue weighted by atomic mass is 16.5. The number of methoxy groups -OCH3 is 4. The van der Waals surface area contributed by atoms with Crippen LogP contribution in [0.25, 0.3) is 32.3 Å². The Bertz CT molecular complexity index is 1840. The van der Waals surface area contributed by atoms with Crippen LogP contribution in [0.3, 0.4) is 0 Å². The summed E-state index contributed by atoms with van der Waals surface area (Å²) in [5.41, 5.74) is 2.03. The normalized spacial score (nSPS) is 11.0. The van der Waals surface area contributed by atoms with E-state index in [0.29, 0.717) is 45.5 Å². The van der Waals surface area contributed by atoms with E-state index in [9.17, 15) is 9.59 Å². The van der Waals surface area contributed by atoms with Crippen molar-refractivity contribution in [1.29, 1.82) is 0 Å². The number of ether oxygens (including phenoxy) is 4. The van der Waals surface area contributed by atoms with Gasteiger partial charge in [-0.3, -0.25) is 9.59 Å². The Kier molecular flexibility index (Phi) is 6.88. The third-order valence-electron chi connectivity index (χ3n) is 7.46. The molecule has 0 aliphatic heterocycles. The molecule has 0 aliphatic carbocycles. The van der Waals surface area contributed by atoms with Crippen molar-refractivity contribution in [3.63, 3.8) is 0 Å². The van der Waals surface area contributed by atoms with Gasteiger partial charge in [0, 0.05) is 22.1 Å². The second-order valence-electron chi connectivity index (χ2n) is 9.64. The zero-order chi connectivity index (χ0) is 29.4. The summed E-state index contributed by atoms with van der Waals surface area (Å²) in [6.07, 6.45) is 0. The number of anilines is 2. The molecule has 0 heterocycles. The summed E-state index contributed by atoms with van der Waals surface area (Å²) in [6.45, 7) is 0. The summed E-state index contributed by atoms with van der Waals surface area (Å²) in [7, 11) is 6.08. The third kappa shape index (κ3) is 4.34. The summed E-state index contributed by atoms with van der Waals surface area (Å²) in [6, 6.07) is 26.1. The van der Waals surface area contributed by atoms with Crippen LogP contribution in [0.5, 0.6) is 23.0 Å². The van der Waals surface area contributed by atoms with E-state index in [-0.39, 0.29) is 11.8 Å². The van der Waals surface area contributed by atoms with Crippen LogP contribution < -0.4 is 29.6 Å². The maximum absolute atomic E-state index is 13.4. The van der Waals surface area contributed by atoms with Gasteiger partial charge in [-0.25, -0.2) is 0 Å². The van der Waals surface area contributed by atoms with E-state index in [1.54, 1.807) is 36.4 Å². The average Bonchev–Trinajstić information content (AvgIpc) is 3.03. The van der Waals surface area contributed by atoms with Gasteiger partial charge in [0.1, 0.15) is 0 Å². The smallest absolute Gasteiger partial charge is 0.259 e. The SMILES string of the molecule is COc1cccc(C(=O)Nc2ccc3ccc4ccc(NC(=O)c5cccc(OC)c5OC)c5ccc2c3c45)c1OC. The Morgan fingerprint density at radius 1 is 0.500 bits per heavy atom. The van der Waals surface area contributed by atoms with Crippen LogP contribution in [0.4, 0.5) is 11.4 Å². The molecule has 0 aromatic heterocycles. The van der Waals surface area contributed by atoms with Crippen LogP contribution in [-0.2, 0) is 0 Å². The number of carbonyl (C=O) groups excluding carboxylic acids is 2. The van der Waals surface area contributed by atoms with Gasteiger partial charge in [-0.1, -0.05) is 48.5 Å². The average molecular weight is 561 g/mol. The van der Waals surface area contributed by atoms with Gasteiger partial charge in [-0.15, -0.1) is 0 Å². The standard InChI is InChI=1S/C34H28N2O6/c1-39-27-9-5-7-23(31(27)41-3)33(37)35-25-17-13-19-11-12-20-14-18-26(22-16-15-21(25)29(19)30(20)22)36-34(38)24-8-6-10-28(40-2)32(24)42-4/h5-18H,1-4H3,(H,35,37)(H,36,38). The van der Waals surface area contributed by atoms with Crippen molar-refractivity contribution in [3.8, 4) is 23.0 Å². The molecule has 6 aromatic carbocycles. The molecule has 6 rings (SSSR count). The van der Waals surface area contributed by atoms with Gasteiger partial charge in [0.25, 0.3) is 11.8 Å². The Labute approximate surface area is 242 Å². The lowest BCUT2D eigenvalue weighted by atomic mass is 9.92. The van der Waals surface area contributed by atoms with E-state index in [1.807, 2.05) is 36.4 Å². The van der Waals surface area contributed by atoms with Crippen molar-refractivity contribution in [2.24, 2.45) is 0 Å². The molecule has 0 saturated heterocycles. The molecule has 0 fully saturated rings. The maximum Gasteiger partial charge on any atom is 0.259 e. The lowest BCUT2D eigenvalue weighted by molar-refractivity contribution is 0.101. The first-order valence-electron chi connectivity index (χ1n) is 13.2. The van der Waals surface area contributed by atoms with Crippen molar-refractivity contribution in [3.05, 3.63) is 96.1 Å². The Hall–Kier alpha value is -5.50. The van der Waals surface area contributed by atoms with E-state index in [2.05, 4.69) is 22.8 Å². The van der Waals surface area contributed by atoms with Crippen molar-refractivity contribution < 1.29 is 28.5 Å². The number of para-hydroxylation sites is 2. The molecule has 2 N–H and O–H groups in total. The molecular weight excluding hydrogens is 532 g/mol. The zero-order valence-electron chi connectivity index (χ0n) is 23.5. The molecule has 0 aliphatic rings. The minimum absolute atomic E-state index is 0.319. The van der Waals surface area contributed by atoms with Gasteiger partial charge in [-0.05, 0) is 57.9 Å². The molecule has 42 heavy (non-hydrogen) atoms. The molecule has 0 radical (unpaired) electrons. The van der Waals surface area contributed by atoms with Crippen LogP contribution in [0, 0.1) is 0 Å². The van der Waals surface area contributed by atoms with Gasteiger partial charge in [0.2, 0.25) is 0 Å². The molecule has 0 unspecified atom stereocenters. The van der Waals surface area contributed by atoms with Crippen molar-refractivity contribution in [1.82, 2.24) is 0 Å². The van der Waals surface area contributed by atoms with Crippen LogP contribution in [0.2, 0.25) is 0 Å². The topological polar surface area (TPSA) is 95.1 Å². The predicted octanol–water partition coefficient (Wildman–Crippen LogP) is 7.12. The highest BCUT2D eigenvalue weighted by molar-refractivity contribution is 6.29. The zero-order valence-corrected chi connectivity index (χ0v) is 23.5. The quantitative estimate of drug-likeness (QED) is 0.193. The Morgan fingerprint density at radius 2 is 0.905 bits per heavy atom. The first-order valence-corrected chi connectivity index (χ1v) is 13.2.